The van der Waals surface area contributed by atoms with E-state index in [1.807, 2.05) is 42.5 Å². The molecule has 25 heavy (non-hydrogen) atoms. The minimum Gasteiger partial charge on any atom is -0.448 e. The second kappa shape index (κ2) is 8.14. The number of anilines is 1. The molecule has 1 aromatic carbocycles. The highest BCUT2D eigenvalue weighted by Gasteiger charge is 2.21. The lowest BCUT2D eigenvalue weighted by molar-refractivity contribution is 0.157. The molecule has 3 rings (SSSR count). The minimum atomic E-state index is -0.283. The number of carbonyl (C=O) groups is 2. The van der Waals surface area contributed by atoms with Crippen molar-refractivity contribution in [2.45, 2.75) is 13.0 Å². The number of urea groups is 1. The van der Waals surface area contributed by atoms with E-state index < -0.39 is 0 Å². The summed E-state index contributed by atoms with van der Waals surface area (Å²) in [5.41, 5.74) is 2.62. The van der Waals surface area contributed by atoms with Crippen LogP contribution in [0.1, 0.15) is 11.3 Å². The van der Waals surface area contributed by atoms with E-state index in [0.29, 0.717) is 38.3 Å². The number of hydrogen-bond donors (Lipinski definition) is 2. The number of hydrogen-bond acceptors (Lipinski definition) is 4. The lowest BCUT2D eigenvalue weighted by Gasteiger charge is -2.13. The van der Waals surface area contributed by atoms with Gasteiger partial charge in [0.15, 0.2) is 0 Å². The molecule has 130 valence electrons. The first-order chi connectivity index (χ1) is 12.2. The van der Waals surface area contributed by atoms with Crippen LogP contribution in [0.25, 0.3) is 0 Å². The second-order valence-corrected chi connectivity index (χ2v) is 5.68. The molecule has 0 aliphatic carbocycles. The Hall–Kier alpha value is -3.09. The number of rotatable bonds is 6. The molecule has 7 heteroatoms. The van der Waals surface area contributed by atoms with Gasteiger partial charge in [-0.05, 0) is 29.8 Å². The normalized spacial score (nSPS) is 13.4. The van der Waals surface area contributed by atoms with Crippen LogP contribution < -0.4 is 10.6 Å². The zero-order chi connectivity index (χ0) is 17.5. The maximum absolute atomic E-state index is 11.9. The standard InChI is InChI=1S/C18H20N4O3/c23-17(20-10-8-15-3-1-2-9-19-15)21-16-6-4-14(5-7-16)13-22-11-12-25-18(22)24/h1-7,9H,8,10-13H2,(H2,20,21,23). The van der Waals surface area contributed by atoms with E-state index in [0.717, 1.165) is 11.3 Å². The number of benzene rings is 1. The first-order valence-electron chi connectivity index (χ1n) is 8.16. The second-order valence-electron chi connectivity index (χ2n) is 5.68. The Balaban J connectivity index is 1.43. The molecule has 1 fully saturated rings. The van der Waals surface area contributed by atoms with Crippen LogP contribution in [0, 0.1) is 0 Å². The summed E-state index contributed by atoms with van der Waals surface area (Å²) in [5, 5.41) is 5.58. The number of cyclic esters (lactones) is 1. The molecule has 0 saturated carbocycles. The van der Waals surface area contributed by atoms with Gasteiger partial charge in [-0.2, -0.15) is 0 Å². The SMILES string of the molecule is O=C(NCCc1ccccn1)Nc1ccc(CN2CCOC2=O)cc1. The molecule has 1 aliphatic heterocycles. The number of pyridine rings is 1. The van der Waals surface area contributed by atoms with E-state index in [9.17, 15) is 9.59 Å². The molecule has 1 saturated heterocycles. The lowest BCUT2D eigenvalue weighted by Crippen LogP contribution is -2.30. The van der Waals surface area contributed by atoms with Crippen molar-refractivity contribution < 1.29 is 14.3 Å². The van der Waals surface area contributed by atoms with E-state index in [2.05, 4.69) is 15.6 Å². The van der Waals surface area contributed by atoms with Gasteiger partial charge >= 0.3 is 12.1 Å². The molecule has 3 amide bonds. The Labute approximate surface area is 146 Å². The average molecular weight is 340 g/mol. The van der Waals surface area contributed by atoms with E-state index >= 15 is 0 Å². The Morgan fingerprint density at radius 2 is 2.04 bits per heavy atom. The summed E-state index contributed by atoms with van der Waals surface area (Å²) in [5.74, 6) is 0. The van der Waals surface area contributed by atoms with Crippen molar-refractivity contribution in [2.24, 2.45) is 0 Å². The first-order valence-corrected chi connectivity index (χ1v) is 8.16. The van der Waals surface area contributed by atoms with Crippen molar-refractivity contribution in [3.63, 3.8) is 0 Å². The lowest BCUT2D eigenvalue weighted by atomic mass is 10.2. The van der Waals surface area contributed by atoms with Gasteiger partial charge in [0.1, 0.15) is 6.61 Å². The summed E-state index contributed by atoms with van der Waals surface area (Å²) in [4.78, 5) is 29.2. The Kier molecular flexibility index (Phi) is 5.46. The summed E-state index contributed by atoms with van der Waals surface area (Å²) < 4.78 is 4.90. The van der Waals surface area contributed by atoms with Crippen LogP contribution >= 0.6 is 0 Å². The van der Waals surface area contributed by atoms with Gasteiger partial charge in [-0.15, -0.1) is 0 Å². The van der Waals surface area contributed by atoms with Gasteiger partial charge < -0.3 is 20.3 Å². The zero-order valence-electron chi connectivity index (χ0n) is 13.8. The third kappa shape index (κ3) is 4.94. The van der Waals surface area contributed by atoms with Crippen LogP contribution in [0.3, 0.4) is 0 Å². The van der Waals surface area contributed by atoms with Crippen molar-refractivity contribution in [3.8, 4) is 0 Å². The molecule has 0 unspecified atom stereocenters. The van der Waals surface area contributed by atoms with E-state index in [-0.39, 0.29) is 12.1 Å². The fourth-order valence-electron chi connectivity index (χ4n) is 2.51. The largest absolute Gasteiger partial charge is 0.448 e. The molecule has 0 atom stereocenters. The highest BCUT2D eigenvalue weighted by molar-refractivity contribution is 5.89. The Bertz CT molecular complexity index is 719. The molecule has 7 nitrogen and oxygen atoms in total. The zero-order valence-corrected chi connectivity index (χ0v) is 13.8. The number of carbonyl (C=O) groups excluding carboxylic acids is 2. The molecule has 2 aromatic rings. The van der Waals surface area contributed by atoms with Crippen LogP contribution in [-0.4, -0.2) is 41.7 Å². The number of ether oxygens (including phenoxy) is 1. The maximum atomic E-state index is 11.9. The van der Waals surface area contributed by atoms with E-state index in [1.165, 1.54) is 0 Å². The highest BCUT2D eigenvalue weighted by Crippen LogP contribution is 2.14. The molecule has 2 N–H and O–H groups in total. The molecular formula is C18H20N4O3. The number of nitrogens with zero attached hydrogens (tertiary/aromatic N) is 2. The van der Waals surface area contributed by atoms with Gasteiger partial charge in [-0.25, -0.2) is 9.59 Å². The van der Waals surface area contributed by atoms with Crippen LogP contribution in [0.2, 0.25) is 0 Å². The average Bonchev–Trinajstić information content (AvgIpc) is 3.02. The monoisotopic (exact) mass is 340 g/mol. The number of amides is 3. The van der Waals surface area contributed by atoms with Crippen LogP contribution in [0.4, 0.5) is 15.3 Å². The summed E-state index contributed by atoms with van der Waals surface area (Å²) >= 11 is 0. The third-order valence-electron chi connectivity index (χ3n) is 3.82. The third-order valence-corrected chi connectivity index (χ3v) is 3.82. The first kappa shape index (κ1) is 16.8. The fourth-order valence-corrected chi connectivity index (χ4v) is 2.51. The van der Waals surface area contributed by atoms with Gasteiger partial charge in [0, 0.05) is 37.1 Å². The Morgan fingerprint density at radius 3 is 2.72 bits per heavy atom. The minimum absolute atomic E-state index is 0.258. The number of aromatic nitrogens is 1. The van der Waals surface area contributed by atoms with Crippen molar-refractivity contribution in [1.82, 2.24) is 15.2 Å². The molecule has 0 radical (unpaired) electrons. The van der Waals surface area contributed by atoms with Crippen molar-refractivity contribution in [1.29, 1.82) is 0 Å². The van der Waals surface area contributed by atoms with Crippen LogP contribution in [0.5, 0.6) is 0 Å². The van der Waals surface area contributed by atoms with E-state index in [4.69, 9.17) is 4.74 Å². The molecule has 1 aliphatic rings. The smallest absolute Gasteiger partial charge is 0.410 e. The van der Waals surface area contributed by atoms with Crippen molar-refractivity contribution in [2.75, 3.05) is 25.0 Å². The molecule has 1 aromatic heterocycles. The predicted molar refractivity (Wildman–Crippen MR) is 93.2 cm³/mol. The van der Waals surface area contributed by atoms with Gasteiger partial charge in [0.25, 0.3) is 0 Å². The maximum Gasteiger partial charge on any atom is 0.410 e. The van der Waals surface area contributed by atoms with Gasteiger partial charge in [-0.1, -0.05) is 18.2 Å². The summed E-state index contributed by atoms with van der Waals surface area (Å²) in [6.45, 7) is 2.07. The summed E-state index contributed by atoms with van der Waals surface area (Å²) in [7, 11) is 0. The number of nitrogens with one attached hydrogen (secondary N) is 2. The van der Waals surface area contributed by atoms with Gasteiger partial charge in [0.05, 0.1) is 6.54 Å². The van der Waals surface area contributed by atoms with Gasteiger partial charge in [-0.3, -0.25) is 4.98 Å². The molecule has 0 spiro atoms. The van der Waals surface area contributed by atoms with Crippen molar-refractivity contribution in [3.05, 3.63) is 59.9 Å². The van der Waals surface area contributed by atoms with Gasteiger partial charge in [0.2, 0.25) is 0 Å². The molecular weight excluding hydrogens is 320 g/mol. The van der Waals surface area contributed by atoms with E-state index in [1.54, 1.807) is 11.1 Å². The Morgan fingerprint density at radius 1 is 1.20 bits per heavy atom. The van der Waals surface area contributed by atoms with Crippen molar-refractivity contribution >= 4 is 17.8 Å². The summed E-state index contributed by atoms with van der Waals surface area (Å²) in [6, 6.07) is 12.8. The topological polar surface area (TPSA) is 83.6 Å². The highest BCUT2D eigenvalue weighted by atomic mass is 16.6. The molecule has 0 bridgehead atoms. The molecule has 2 heterocycles. The summed E-state index contributed by atoms with van der Waals surface area (Å²) in [6.07, 6.45) is 2.13. The fraction of sp³-hybridized carbons (Fsp3) is 0.278. The predicted octanol–water partition coefficient (Wildman–Crippen LogP) is 2.40. The quantitative estimate of drug-likeness (QED) is 0.846. The van der Waals surface area contributed by atoms with Crippen LogP contribution in [-0.2, 0) is 17.7 Å². The van der Waals surface area contributed by atoms with Crippen LogP contribution in [0.15, 0.2) is 48.7 Å².